The number of hydrogen-bond acceptors (Lipinski definition) is 2. The molecule has 3 nitrogen and oxygen atoms in total. The van der Waals surface area contributed by atoms with E-state index >= 15 is 0 Å². The number of rotatable bonds is 2. The Kier molecular flexibility index (Phi) is 3.31. The Morgan fingerprint density at radius 3 is 2.79 bits per heavy atom. The molecule has 3 unspecified atom stereocenters. The zero-order valence-electron chi connectivity index (χ0n) is 11.4. The van der Waals surface area contributed by atoms with Gasteiger partial charge in [-0.25, -0.2) is 0 Å². The van der Waals surface area contributed by atoms with Gasteiger partial charge in [-0.2, -0.15) is 0 Å². The lowest BCUT2D eigenvalue weighted by Gasteiger charge is -2.36. The first-order valence-electron chi connectivity index (χ1n) is 7.20. The van der Waals surface area contributed by atoms with Crippen LogP contribution in [0.15, 0.2) is 24.3 Å². The Morgan fingerprint density at radius 1 is 1.32 bits per heavy atom. The van der Waals surface area contributed by atoms with Gasteiger partial charge in [0.05, 0.1) is 5.92 Å². The van der Waals surface area contributed by atoms with E-state index in [2.05, 4.69) is 17.9 Å². The fourth-order valence-corrected chi connectivity index (χ4v) is 3.63. The molecule has 1 aliphatic carbocycles. The number of hydrogen-bond donors (Lipinski definition) is 1. The Bertz CT molecular complexity index is 485. The SMILES string of the molecule is CC1CCC(N2Cc3ccccc3C(C(=O)O)C2)C1. The van der Waals surface area contributed by atoms with Crippen LogP contribution in [0.3, 0.4) is 0 Å². The molecular formula is C16H21NO2. The van der Waals surface area contributed by atoms with E-state index in [4.69, 9.17) is 0 Å². The van der Waals surface area contributed by atoms with Crippen LogP contribution in [0.5, 0.6) is 0 Å². The maximum Gasteiger partial charge on any atom is 0.312 e. The van der Waals surface area contributed by atoms with Gasteiger partial charge in [0.2, 0.25) is 0 Å². The number of carboxylic acids is 1. The standard InChI is InChI=1S/C16H21NO2/c1-11-6-7-13(8-11)17-9-12-4-2-3-5-14(12)15(10-17)16(18)19/h2-5,11,13,15H,6-10H2,1H3,(H,18,19). The van der Waals surface area contributed by atoms with Gasteiger partial charge in [-0.05, 0) is 36.3 Å². The summed E-state index contributed by atoms with van der Waals surface area (Å²) in [6, 6.07) is 8.59. The highest BCUT2D eigenvalue weighted by Gasteiger charge is 2.35. The smallest absolute Gasteiger partial charge is 0.312 e. The van der Waals surface area contributed by atoms with Gasteiger partial charge < -0.3 is 5.11 Å². The van der Waals surface area contributed by atoms with Crippen molar-refractivity contribution in [3.05, 3.63) is 35.4 Å². The molecule has 3 heteroatoms. The largest absolute Gasteiger partial charge is 0.481 e. The Morgan fingerprint density at radius 2 is 2.11 bits per heavy atom. The predicted octanol–water partition coefficient (Wildman–Crippen LogP) is 2.86. The second kappa shape index (κ2) is 4.97. The molecule has 1 aliphatic heterocycles. The van der Waals surface area contributed by atoms with Crippen molar-refractivity contribution in [2.45, 2.75) is 44.7 Å². The van der Waals surface area contributed by atoms with Gasteiger partial charge in [-0.1, -0.05) is 31.2 Å². The molecule has 1 fully saturated rings. The third kappa shape index (κ3) is 2.39. The summed E-state index contributed by atoms with van der Waals surface area (Å²) in [5, 5.41) is 9.47. The van der Waals surface area contributed by atoms with Crippen molar-refractivity contribution in [3.8, 4) is 0 Å². The quantitative estimate of drug-likeness (QED) is 0.888. The molecule has 0 bridgehead atoms. The van der Waals surface area contributed by atoms with E-state index in [-0.39, 0.29) is 5.92 Å². The number of nitrogens with zero attached hydrogens (tertiary/aromatic N) is 1. The van der Waals surface area contributed by atoms with Crippen LogP contribution in [0.2, 0.25) is 0 Å². The average Bonchev–Trinajstić information content (AvgIpc) is 2.84. The van der Waals surface area contributed by atoms with Crippen LogP contribution in [0.1, 0.15) is 43.2 Å². The Hall–Kier alpha value is -1.35. The monoisotopic (exact) mass is 259 g/mol. The highest BCUT2D eigenvalue weighted by atomic mass is 16.4. The molecule has 19 heavy (non-hydrogen) atoms. The summed E-state index contributed by atoms with van der Waals surface area (Å²) in [7, 11) is 0. The maximum absolute atomic E-state index is 11.5. The van der Waals surface area contributed by atoms with Crippen LogP contribution in [0, 0.1) is 5.92 Å². The number of benzene rings is 1. The Balaban J connectivity index is 1.86. The molecule has 3 rings (SSSR count). The molecule has 0 aromatic heterocycles. The number of aliphatic carboxylic acids is 1. The molecule has 0 spiro atoms. The highest BCUT2D eigenvalue weighted by Crippen LogP contribution is 2.35. The summed E-state index contributed by atoms with van der Waals surface area (Å²) < 4.78 is 0. The fraction of sp³-hybridized carbons (Fsp3) is 0.562. The van der Waals surface area contributed by atoms with Gasteiger partial charge >= 0.3 is 5.97 Å². The normalized spacial score (nSPS) is 31.1. The van der Waals surface area contributed by atoms with Gasteiger partial charge in [0.25, 0.3) is 0 Å². The van der Waals surface area contributed by atoms with E-state index in [9.17, 15) is 9.90 Å². The summed E-state index contributed by atoms with van der Waals surface area (Å²) >= 11 is 0. The van der Waals surface area contributed by atoms with Crippen molar-refractivity contribution in [1.29, 1.82) is 0 Å². The molecule has 102 valence electrons. The molecule has 1 saturated carbocycles. The summed E-state index contributed by atoms with van der Waals surface area (Å²) in [6.45, 7) is 3.88. The van der Waals surface area contributed by atoms with Crippen LogP contribution < -0.4 is 0 Å². The molecule has 1 N–H and O–H groups in total. The van der Waals surface area contributed by atoms with Crippen molar-refractivity contribution in [2.75, 3.05) is 6.54 Å². The van der Waals surface area contributed by atoms with E-state index < -0.39 is 5.97 Å². The Labute approximate surface area is 114 Å². The number of carbonyl (C=O) groups is 1. The van der Waals surface area contributed by atoms with Crippen molar-refractivity contribution >= 4 is 5.97 Å². The van der Waals surface area contributed by atoms with Crippen LogP contribution in [-0.2, 0) is 11.3 Å². The van der Waals surface area contributed by atoms with Crippen LogP contribution in [-0.4, -0.2) is 28.6 Å². The second-order valence-corrected chi connectivity index (χ2v) is 6.09. The summed E-state index contributed by atoms with van der Waals surface area (Å²) in [5.74, 6) is -0.269. The number of carboxylic acid groups (broad SMARTS) is 1. The predicted molar refractivity (Wildman–Crippen MR) is 74.0 cm³/mol. The topological polar surface area (TPSA) is 40.5 Å². The number of fused-ring (bicyclic) bond motifs is 1. The van der Waals surface area contributed by atoms with Crippen molar-refractivity contribution < 1.29 is 9.90 Å². The minimum Gasteiger partial charge on any atom is -0.481 e. The molecule has 1 aromatic rings. The fourth-order valence-electron chi connectivity index (χ4n) is 3.63. The minimum absolute atomic E-state index is 0.360. The van der Waals surface area contributed by atoms with Gasteiger partial charge in [0, 0.05) is 19.1 Å². The third-order valence-corrected chi connectivity index (χ3v) is 4.70. The second-order valence-electron chi connectivity index (χ2n) is 6.09. The molecule has 0 saturated heterocycles. The van der Waals surface area contributed by atoms with Crippen molar-refractivity contribution in [2.24, 2.45) is 5.92 Å². The molecule has 1 aromatic carbocycles. The van der Waals surface area contributed by atoms with E-state index in [0.717, 1.165) is 18.0 Å². The first kappa shape index (κ1) is 12.7. The average molecular weight is 259 g/mol. The maximum atomic E-state index is 11.5. The van der Waals surface area contributed by atoms with Gasteiger partial charge in [-0.3, -0.25) is 9.69 Å². The van der Waals surface area contributed by atoms with E-state index in [1.54, 1.807) is 0 Å². The summed E-state index contributed by atoms with van der Waals surface area (Å²) in [4.78, 5) is 13.9. The van der Waals surface area contributed by atoms with E-state index in [1.807, 2.05) is 18.2 Å². The molecule has 1 heterocycles. The lowest BCUT2D eigenvalue weighted by molar-refractivity contribution is -0.139. The zero-order valence-corrected chi connectivity index (χ0v) is 11.4. The summed E-state index contributed by atoms with van der Waals surface area (Å²) in [6.07, 6.45) is 3.71. The van der Waals surface area contributed by atoms with Gasteiger partial charge in [0.15, 0.2) is 0 Å². The van der Waals surface area contributed by atoms with Gasteiger partial charge in [-0.15, -0.1) is 0 Å². The molecule has 0 amide bonds. The lowest BCUT2D eigenvalue weighted by atomic mass is 9.89. The lowest BCUT2D eigenvalue weighted by Crippen LogP contribution is -2.42. The van der Waals surface area contributed by atoms with E-state index in [0.29, 0.717) is 12.6 Å². The zero-order chi connectivity index (χ0) is 13.4. The molecular weight excluding hydrogens is 238 g/mol. The summed E-state index contributed by atoms with van der Waals surface area (Å²) in [5.41, 5.74) is 2.21. The van der Waals surface area contributed by atoms with E-state index in [1.165, 1.54) is 24.8 Å². The molecule has 3 atom stereocenters. The highest BCUT2D eigenvalue weighted by molar-refractivity contribution is 5.77. The minimum atomic E-state index is -0.691. The first-order chi connectivity index (χ1) is 9.15. The third-order valence-electron chi connectivity index (χ3n) is 4.70. The molecule has 2 aliphatic rings. The van der Waals surface area contributed by atoms with Gasteiger partial charge in [0.1, 0.15) is 0 Å². The van der Waals surface area contributed by atoms with Crippen LogP contribution in [0.25, 0.3) is 0 Å². The van der Waals surface area contributed by atoms with Crippen molar-refractivity contribution in [3.63, 3.8) is 0 Å². The van der Waals surface area contributed by atoms with Crippen LogP contribution in [0.4, 0.5) is 0 Å². The first-order valence-corrected chi connectivity index (χ1v) is 7.20. The van der Waals surface area contributed by atoms with Crippen LogP contribution >= 0.6 is 0 Å². The molecule has 0 radical (unpaired) electrons. The van der Waals surface area contributed by atoms with Crippen molar-refractivity contribution in [1.82, 2.24) is 4.90 Å².